The SMILES string of the molecule is CN(C)c1ccccc1C(=O)N1CCCC(COc2ccc(F)cc2)C1. The van der Waals surface area contributed by atoms with Crippen LogP contribution in [0.5, 0.6) is 5.75 Å². The van der Waals surface area contributed by atoms with Crippen LogP contribution in [0.15, 0.2) is 48.5 Å². The number of ether oxygens (including phenoxy) is 1. The summed E-state index contributed by atoms with van der Waals surface area (Å²) in [5.41, 5.74) is 1.67. The first kappa shape index (κ1) is 18.2. The van der Waals surface area contributed by atoms with Crippen LogP contribution in [-0.4, -0.2) is 44.6 Å². The summed E-state index contributed by atoms with van der Waals surface area (Å²) in [5.74, 6) is 0.740. The predicted molar refractivity (Wildman–Crippen MR) is 101 cm³/mol. The Balaban J connectivity index is 1.63. The molecule has 4 nitrogen and oxygen atoms in total. The van der Waals surface area contributed by atoms with E-state index in [2.05, 4.69) is 0 Å². The van der Waals surface area contributed by atoms with Crippen molar-refractivity contribution in [3.63, 3.8) is 0 Å². The van der Waals surface area contributed by atoms with Crippen LogP contribution in [0.3, 0.4) is 0 Å². The number of benzene rings is 2. The second-order valence-electron chi connectivity index (χ2n) is 6.94. The molecular weight excluding hydrogens is 331 g/mol. The molecule has 0 N–H and O–H groups in total. The van der Waals surface area contributed by atoms with Crippen molar-refractivity contribution in [1.82, 2.24) is 4.90 Å². The van der Waals surface area contributed by atoms with Crippen molar-refractivity contribution in [2.24, 2.45) is 5.92 Å². The third-order valence-corrected chi connectivity index (χ3v) is 4.72. The van der Waals surface area contributed by atoms with Crippen LogP contribution in [0.25, 0.3) is 0 Å². The average Bonchev–Trinajstić information content (AvgIpc) is 2.67. The van der Waals surface area contributed by atoms with E-state index < -0.39 is 0 Å². The van der Waals surface area contributed by atoms with Crippen molar-refractivity contribution in [3.05, 3.63) is 59.9 Å². The summed E-state index contributed by atoms with van der Waals surface area (Å²) in [4.78, 5) is 16.9. The van der Waals surface area contributed by atoms with Crippen molar-refractivity contribution in [2.45, 2.75) is 12.8 Å². The first-order valence-electron chi connectivity index (χ1n) is 8.98. The largest absolute Gasteiger partial charge is 0.493 e. The molecule has 2 aromatic rings. The summed E-state index contributed by atoms with van der Waals surface area (Å²) in [6.07, 6.45) is 1.99. The maximum atomic E-state index is 13.0. The smallest absolute Gasteiger partial charge is 0.255 e. The molecule has 1 atom stereocenters. The van der Waals surface area contributed by atoms with E-state index in [4.69, 9.17) is 4.74 Å². The monoisotopic (exact) mass is 356 g/mol. The molecule has 2 aromatic carbocycles. The van der Waals surface area contributed by atoms with Gasteiger partial charge in [-0.3, -0.25) is 4.79 Å². The Kier molecular flexibility index (Phi) is 5.76. The van der Waals surface area contributed by atoms with Gasteiger partial charge in [0, 0.05) is 38.8 Å². The van der Waals surface area contributed by atoms with Crippen LogP contribution in [0.1, 0.15) is 23.2 Å². The van der Waals surface area contributed by atoms with Gasteiger partial charge in [-0.2, -0.15) is 0 Å². The normalized spacial score (nSPS) is 17.0. The number of likely N-dealkylation sites (tertiary alicyclic amines) is 1. The number of carbonyl (C=O) groups is 1. The zero-order valence-electron chi connectivity index (χ0n) is 15.3. The van der Waals surface area contributed by atoms with Crippen LogP contribution in [0.4, 0.5) is 10.1 Å². The summed E-state index contributed by atoms with van der Waals surface area (Å²) in [6, 6.07) is 13.8. The second kappa shape index (κ2) is 8.21. The minimum absolute atomic E-state index is 0.0702. The first-order chi connectivity index (χ1) is 12.5. The van der Waals surface area contributed by atoms with Gasteiger partial charge in [0.1, 0.15) is 11.6 Å². The molecule has 1 heterocycles. The number of halogens is 1. The molecule has 5 heteroatoms. The molecule has 1 aliphatic heterocycles. The third-order valence-electron chi connectivity index (χ3n) is 4.72. The Morgan fingerprint density at radius 2 is 1.92 bits per heavy atom. The summed E-state index contributed by atoms with van der Waals surface area (Å²) in [7, 11) is 3.89. The molecule has 138 valence electrons. The lowest BCUT2D eigenvalue weighted by Gasteiger charge is -2.33. The van der Waals surface area contributed by atoms with E-state index in [9.17, 15) is 9.18 Å². The van der Waals surface area contributed by atoms with Gasteiger partial charge in [-0.05, 0) is 49.2 Å². The molecule has 0 aromatic heterocycles. The standard InChI is InChI=1S/C21H25FN2O2/c1-23(2)20-8-4-3-7-19(20)21(25)24-13-5-6-16(14-24)15-26-18-11-9-17(22)10-12-18/h3-4,7-12,16H,5-6,13-15H2,1-2H3. The van der Waals surface area contributed by atoms with Gasteiger partial charge in [0.15, 0.2) is 0 Å². The summed E-state index contributed by atoms with van der Waals surface area (Å²) in [5, 5.41) is 0. The number of rotatable bonds is 5. The molecule has 0 aliphatic carbocycles. The highest BCUT2D eigenvalue weighted by Crippen LogP contribution is 2.24. The number of piperidine rings is 1. The average molecular weight is 356 g/mol. The van der Waals surface area contributed by atoms with Gasteiger partial charge in [0.05, 0.1) is 12.2 Å². The lowest BCUT2D eigenvalue weighted by atomic mass is 9.98. The Morgan fingerprint density at radius 1 is 1.19 bits per heavy atom. The molecular formula is C21H25FN2O2. The van der Waals surface area contributed by atoms with E-state index >= 15 is 0 Å². The third kappa shape index (κ3) is 4.34. The van der Waals surface area contributed by atoms with Crippen molar-refractivity contribution in [1.29, 1.82) is 0 Å². The van der Waals surface area contributed by atoms with Gasteiger partial charge in [-0.25, -0.2) is 4.39 Å². The van der Waals surface area contributed by atoms with Crippen LogP contribution >= 0.6 is 0 Å². The number of anilines is 1. The highest BCUT2D eigenvalue weighted by Gasteiger charge is 2.26. The van der Waals surface area contributed by atoms with Crippen LogP contribution in [0.2, 0.25) is 0 Å². The van der Waals surface area contributed by atoms with Gasteiger partial charge in [-0.15, -0.1) is 0 Å². The second-order valence-corrected chi connectivity index (χ2v) is 6.94. The fourth-order valence-electron chi connectivity index (χ4n) is 3.35. The zero-order valence-corrected chi connectivity index (χ0v) is 15.3. The maximum Gasteiger partial charge on any atom is 0.255 e. The minimum Gasteiger partial charge on any atom is -0.493 e. The van der Waals surface area contributed by atoms with Gasteiger partial charge >= 0.3 is 0 Å². The summed E-state index contributed by atoms with van der Waals surface area (Å²) in [6.45, 7) is 1.99. The topological polar surface area (TPSA) is 32.8 Å². The summed E-state index contributed by atoms with van der Waals surface area (Å²) < 4.78 is 18.8. The molecule has 1 saturated heterocycles. The van der Waals surface area contributed by atoms with Crippen LogP contribution in [-0.2, 0) is 0 Å². The predicted octanol–water partition coefficient (Wildman–Crippen LogP) is 3.82. The maximum absolute atomic E-state index is 13.0. The Bertz CT molecular complexity index is 746. The fourth-order valence-corrected chi connectivity index (χ4v) is 3.35. The molecule has 0 saturated carbocycles. The molecule has 3 rings (SSSR count). The van der Waals surface area contributed by atoms with Gasteiger partial charge in [0.25, 0.3) is 5.91 Å². The van der Waals surface area contributed by atoms with Crippen molar-refractivity contribution in [3.8, 4) is 5.75 Å². The fraction of sp³-hybridized carbons (Fsp3) is 0.381. The lowest BCUT2D eigenvalue weighted by molar-refractivity contribution is 0.0634. The molecule has 0 bridgehead atoms. The highest BCUT2D eigenvalue weighted by atomic mass is 19.1. The molecule has 26 heavy (non-hydrogen) atoms. The summed E-state index contributed by atoms with van der Waals surface area (Å²) >= 11 is 0. The van der Waals surface area contributed by atoms with Crippen molar-refractivity contribution < 1.29 is 13.9 Å². The van der Waals surface area contributed by atoms with Crippen LogP contribution < -0.4 is 9.64 Å². The van der Waals surface area contributed by atoms with Crippen molar-refractivity contribution >= 4 is 11.6 Å². The van der Waals surface area contributed by atoms with Gasteiger partial charge in [0.2, 0.25) is 0 Å². The van der Waals surface area contributed by atoms with E-state index in [0.29, 0.717) is 18.9 Å². The number of hydrogen-bond acceptors (Lipinski definition) is 3. The molecule has 1 fully saturated rings. The number of carbonyl (C=O) groups excluding carboxylic acids is 1. The molecule has 1 amide bonds. The zero-order chi connectivity index (χ0) is 18.5. The van der Waals surface area contributed by atoms with Gasteiger partial charge in [-0.1, -0.05) is 12.1 Å². The van der Waals surface area contributed by atoms with E-state index in [0.717, 1.165) is 30.6 Å². The van der Waals surface area contributed by atoms with E-state index in [1.54, 1.807) is 12.1 Å². The number of nitrogens with zero attached hydrogens (tertiary/aromatic N) is 2. The minimum atomic E-state index is -0.272. The number of amides is 1. The molecule has 1 aliphatic rings. The molecule has 0 radical (unpaired) electrons. The highest BCUT2D eigenvalue weighted by molar-refractivity contribution is 5.99. The Hall–Kier alpha value is -2.56. The van der Waals surface area contributed by atoms with E-state index in [1.165, 1.54) is 12.1 Å². The quantitative estimate of drug-likeness (QED) is 0.816. The van der Waals surface area contributed by atoms with Gasteiger partial charge < -0.3 is 14.5 Å². The Labute approximate surface area is 154 Å². The lowest BCUT2D eigenvalue weighted by Crippen LogP contribution is -2.42. The Morgan fingerprint density at radius 3 is 2.65 bits per heavy atom. The molecule has 1 unspecified atom stereocenters. The number of hydrogen-bond donors (Lipinski definition) is 0. The van der Waals surface area contributed by atoms with Crippen LogP contribution in [0, 0.1) is 11.7 Å². The number of para-hydroxylation sites is 1. The first-order valence-corrected chi connectivity index (χ1v) is 8.98. The van der Waals surface area contributed by atoms with E-state index in [1.807, 2.05) is 48.2 Å². The molecule has 0 spiro atoms. The van der Waals surface area contributed by atoms with E-state index in [-0.39, 0.29) is 17.6 Å². The van der Waals surface area contributed by atoms with Crippen molar-refractivity contribution in [2.75, 3.05) is 38.7 Å².